The van der Waals surface area contributed by atoms with E-state index in [4.69, 9.17) is 9.56 Å². The third-order valence-electron chi connectivity index (χ3n) is 2.57. The van der Waals surface area contributed by atoms with Gasteiger partial charge >= 0.3 is 0 Å². The van der Waals surface area contributed by atoms with E-state index in [9.17, 15) is 13.2 Å². The van der Waals surface area contributed by atoms with Gasteiger partial charge in [-0.2, -0.15) is 5.10 Å². The summed E-state index contributed by atoms with van der Waals surface area (Å²) in [5, 5.41) is 11.3. The van der Waals surface area contributed by atoms with Crippen molar-refractivity contribution in [2.75, 3.05) is 5.32 Å². The molecule has 0 radical (unpaired) electrons. The number of carbonyl (C=O) groups excluding carboxylic acids is 1. The summed E-state index contributed by atoms with van der Waals surface area (Å²) < 4.78 is 29.3. The molecule has 108 valence electrons. The molecule has 9 heteroatoms. The highest BCUT2D eigenvalue weighted by atomic mass is 32.2. The lowest BCUT2D eigenvalue weighted by atomic mass is 10.3. The molecule has 0 bridgehead atoms. The molecule has 0 atom stereocenters. The molecular formula is C11H14N4O4S. The first-order valence-corrected chi connectivity index (χ1v) is 7.32. The third-order valence-corrected chi connectivity index (χ3v) is 3.48. The number of furan rings is 1. The van der Waals surface area contributed by atoms with E-state index in [1.807, 2.05) is 6.92 Å². The van der Waals surface area contributed by atoms with Gasteiger partial charge in [0, 0.05) is 19.7 Å². The van der Waals surface area contributed by atoms with E-state index in [1.165, 1.54) is 24.0 Å². The maximum atomic E-state index is 11.9. The van der Waals surface area contributed by atoms with Crippen molar-refractivity contribution in [1.82, 2.24) is 9.78 Å². The molecule has 0 saturated heterocycles. The van der Waals surface area contributed by atoms with Crippen molar-refractivity contribution < 1.29 is 17.6 Å². The van der Waals surface area contributed by atoms with Crippen molar-refractivity contribution in [3.63, 3.8) is 0 Å². The molecule has 0 saturated carbocycles. The first-order chi connectivity index (χ1) is 9.31. The Morgan fingerprint density at radius 3 is 2.75 bits per heavy atom. The molecule has 0 aliphatic heterocycles. The second kappa shape index (κ2) is 5.10. The average Bonchev–Trinajstić information content (AvgIpc) is 2.94. The monoisotopic (exact) mass is 298 g/mol. The van der Waals surface area contributed by atoms with Gasteiger partial charge in [-0.1, -0.05) is 6.92 Å². The molecule has 0 unspecified atom stereocenters. The number of rotatable bonds is 4. The molecule has 0 aromatic carbocycles. The van der Waals surface area contributed by atoms with E-state index in [-0.39, 0.29) is 16.5 Å². The summed E-state index contributed by atoms with van der Waals surface area (Å²) in [7, 11) is -2.45. The van der Waals surface area contributed by atoms with Crippen LogP contribution in [0.3, 0.4) is 0 Å². The largest absolute Gasteiger partial charge is 0.456 e. The van der Waals surface area contributed by atoms with Crippen molar-refractivity contribution in [2.24, 2.45) is 12.2 Å². The van der Waals surface area contributed by atoms with Gasteiger partial charge in [0.1, 0.15) is 10.7 Å². The zero-order valence-electron chi connectivity index (χ0n) is 11.0. The van der Waals surface area contributed by atoms with Gasteiger partial charge in [0.2, 0.25) is 10.0 Å². The Kier molecular flexibility index (Phi) is 3.64. The number of amides is 1. The van der Waals surface area contributed by atoms with Gasteiger partial charge in [-0.3, -0.25) is 9.48 Å². The van der Waals surface area contributed by atoms with Crippen LogP contribution >= 0.6 is 0 Å². The maximum Gasteiger partial charge on any atom is 0.292 e. The van der Waals surface area contributed by atoms with Crippen LogP contribution in [0.5, 0.6) is 0 Å². The summed E-state index contributed by atoms with van der Waals surface area (Å²) >= 11 is 0. The number of primary sulfonamides is 1. The molecule has 2 rings (SSSR count). The molecular weight excluding hydrogens is 284 g/mol. The minimum atomic E-state index is -3.97. The summed E-state index contributed by atoms with van der Waals surface area (Å²) in [6, 6.07) is 3.18. The standard InChI is InChI=1S/C11H14N4O4S/c1-3-7-4-5-8(19-7)11(16)13-10-9(20(12,17)18)6-15(2)14-10/h4-6H,3H2,1-2H3,(H2,12,17,18)(H,13,14,16). The summed E-state index contributed by atoms with van der Waals surface area (Å²) in [6.07, 6.45) is 1.86. The van der Waals surface area contributed by atoms with Crippen LogP contribution in [0.15, 0.2) is 27.6 Å². The first-order valence-electron chi connectivity index (χ1n) is 5.77. The van der Waals surface area contributed by atoms with Crippen molar-refractivity contribution in [3.05, 3.63) is 29.9 Å². The van der Waals surface area contributed by atoms with Crippen LogP contribution in [0.4, 0.5) is 5.82 Å². The molecule has 0 spiro atoms. The van der Waals surface area contributed by atoms with Gasteiger partial charge in [0.25, 0.3) is 5.91 Å². The molecule has 20 heavy (non-hydrogen) atoms. The highest BCUT2D eigenvalue weighted by Crippen LogP contribution is 2.18. The van der Waals surface area contributed by atoms with E-state index in [1.54, 1.807) is 6.07 Å². The number of hydrogen-bond acceptors (Lipinski definition) is 5. The number of nitrogens with zero attached hydrogens (tertiary/aromatic N) is 2. The van der Waals surface area contributed by atoms with Gasteiger partial charge in [0.05, 0.1) is 0 Å². The smallest absolute Gasteiger partial charge is 0.292 e. The molecule has 2 aromatic rings. The van der Waals surface area contributed by atoms with E-state index in [0.29, 0.717) is 12.2 Å². The van der Waals surface area contributed by atoms with Gasteiger partial charge in [-0.15, -0.1) is 0 Å². The minimum Gasteiger partial charge on any atom is -0.456 e. The van der Waals surface area contributed by atoms with Crippen molar-refractivity contribution >= 4 is 21.7 Å². The maximum absolute atomic E-state index is 11.9. The number of nitrogens with two attached hydrogens (primary N) is 1. The fourth-order valence-corrected chi connectivity index (χ4v) is 2.28. The topological polar surface area (TPSA) is 120 Å². The zero-order valence-corrected chi connectivity index (χ0v) is 11.8. The molecule has 8 nitrogen and oxygen atoms in total. The molecule has 2 heterocycles. The first kappa shape index (κ1) is 14.3. The Labute approximate surface area is 115 Å². The van der Waals surface area contributed by atoms with Crippen LogP contribution in [0.1, 0.15) is 23.2 Å². The van der Waals surface area contributed by atoms with Crippen molar-refractivity contribution in [2.45, 2.75) is 18.2 Å². The molecule has 0 aliphatic rings. The van der Waals surface area contributed by atoms with Crippen LogP contribution < -0.4 is 10.5 Å². The highest BCUT2D eigenvalue weighted by molar-refractivity contribution is 7.89. The number of carbonyl (C=O) groups is 1. The lowest BCUT2D eigenvalue weighted by Crippen LogP contribution is -2.17. The van der Waals surface area contributed by atoms with Crippen molar-refractivity contribution in [3.8, 4) is 0 Å². The van der Waals surface area contributed by atoms with E-state index >= 15 is 0 Å². The number of aryl methyl sites for hydroxylation is 2. The van der Waals surface area contributed by atoms with E-state index in [0.717, 1.165) is 0 Å². The number of nitrogens with one attached hydrogen (secondary N) is 1. The van der Waals surface area contributed by atoms with Crippen LogP contribution in [-0.4, -0.2) is 24.1 Å². The Bertz CT molecular complexity index is 744. The van der Waals surface area contributed by atoms with Gasteiger partial charge < -0.3 is 9.73 Å². The molecule has 3 N–H and O–H groups in total. The fraction of sp³-hybridized carbons (Fsp3) is 0.273. The Morgan fingerprint density at radius 2 is 2.20 bits per heavy atom. The highest BCUT2D eigenvalue weighted by Gasteiger charge is 2.21. The fourth-order valence-electron chi connectivity index (χ4n) is 1.62. The normalized spacial score (nSPS) is 11.6. The summed E-state index contributed by atoms with van der Waals surface area (Å²) in [5.74, 6) is 0.0125. The van der Waals surface area contributed by atoms with Gasteiger partial charge in [0.15, 0.2) is 11.6 Å². The molecule has 1 amide bonds. The Balaban J connectivity index is 2.28. The summed E-state index contributed by atoms with van der Waals surface area (Å²) in [4.78, 5) is 11.7. The summed E-state index contributed by atoms with van der Waals surface area (Å²) in [6.45, 7) is 1.89. The average molecular weight is 298 g/mol. The van der Waals surface area contributed by atoms with Crippen LogP contribution in [0.2, 0.25) is 0 Å². The Morgan fingerprint density at radius 1 is 1.50 bits per heavy atom. The van der Waals surface area contributed by atoms with Crippen molar-refractivity contribution in [1.29, 1.82) is 0 Å². The predicted octanol–water partition coefficient (Wildman–Crippen LogP) is 0.475. The molecule has 0 aliphatic carbocycles. The van der Waals surface area contributed by atoms with E-state index < -0.39 is 15.9 Å². The number of hydrogen-bond donors (Lipinski definition) is 2. The third kappa shape index (κ3) is 2.89. The predicted molar refractivity (Wildman–Crippen MR) is 70.6 cm³/mol. The van der Waals surface area contributed by atoms with Gasteiger partial charge in [-0.05, 0) is 12.1 Å². The number of sulfonamides is 1. The zero-order chi connectivity index (χ0) is 14.9. The second-order valence-corrected chi connectivity index (χ2v) is 5.66. The van der Waals surface area contributed by atoms with Gasteiger partial charge in [-0.25, -0.2) is 13.6 Å². The lowest BCUT2D eigenvalue weighted by molar-refractivity contribution is 0.0994. The van der Waals surface area contributed by atoms with Crippen LogP contribution in [-0.2, 0) is 23.5 Å². The quantitative estimate of drug-likeness (QED) is 0.850. The number of anilines is 1. The second-order valence-electron chi connectivity index (χ2n) is 4.13. The lowest BCUT2D eigenvalue weighted by Gasteiger charge is -2.01. The number of aromatic nitrogens is 2. The van der Waals surface area contributed by atoms with Crippen LogP contribution in [0, 0.1) is 0 Å². The molecule has 0 fully saturated rings. The molecule has 2 aromatic heterocycles. The van der Waals surface area contributed by atoms with E-state index in [2.05, 4.69) is 10.4 Å². The summed E-state index contributed by atoms with van der Waals surface area (Å²) in [5.41, 5.74) is 0. The minimum absolute atomic E-state index is 0.0767. The SMILES string of the molecule is CCc1ccc(C(=O)Nc2nn(C)cc2S(N)(=O)=O)o1. The Hall–Kier alpha value is -2.13. The van der Waals surface area contributed by atoms with Crippen LogP contribution in [0.25, 0.3) is 0 Å².